The first-order chi connectivity index (χ1) is 11.0. The summed E-state index contributed by atoms with van der Waals surface area (Å²) >= 11 is 0. The smallest absolute Gasteiger partial charge is 0.339 e. The molecule has 0 spiro atoms. The van der Waals surface area contributed by atoms with Crippen LogP contribution in [0.4, 0.5) is 0 Å². The summed E-state index contributed by atoms with van der Waals surface area (Å²) in [5.41, 5.74) is 1.35. The number of rotatable bonds is 3. The highest BCUT2D eigenvalue weighted by atomic mass is 16.6. The van der Waals surface area contributed by atoms with Gasteiger partial charge < -0.3 is 19.6 Å². The van der Waals surface area contributed by atoms with Crippen molar-refractivity contribution in [1.29, 1.82) is 0 Å². The number of carbonyl (C=O) groups is 1. The van der Waals surface area contributed by atoms with Crippen molar-refractivity contribution in [3.05, 3.63) is 63.1 Å². The van der Waals surface area contributed by atoms with Gasteiger partial charge in [-0.15, -0.1) is 0 Å². The van der Waals surface area contributed by atoms with Gasteiger partial charge in [0.05, 0.1) is 23.8 Å². The first kappa shape index (κ1) is 14.9. The molecule has 3 rings (SSSR count). The van der Waals surface area contributed by atoms with Crippen LogP contribution in [0.15, 0.2) is 35.3 Å². The highest BCUT2D eigenvalue weighted by molar-refractivity contribution is 5.96. The number of ether oxygens (including phenoxy) is 2. The Balaban J connectivity index is 2.15. The zero-order valence-electron chi connectivity index (χ0n) is 12.6. The van der Waals surface area contributed by atoms with Crippen LogP contribution in [-0.4, -0.2) is 23.2 Å². The number of aromatic nitrogens is 1. The van der Waals surface area contributed by atoms with Gasteiger partial charge in [-0.05, 0) is 19.1 Å². The molecule has 0 amide bonds. The second kappa shape index (κ2) is 5.64. The molecule has 0 aliphatic carbocycles. The van der Waals surface area contributed by atoms with Gasteiger partial charge in [-0.2, -0.15) is 0 Å². The minimum Gasteiger partial charge on any atom is -0.508 e. The molecule has 6 nitrogen and oxygen atoms in total. The molecule has 0 bridgehead atoms. The van der Waals surface area contributed by atoms with E-state index in [9.17, 15) is 14.7 Å². The summed E-state index contributed by atoms with van der Waals surface area (Å²) < 4.78 is 10.6. The number of hydrogen-bond donors (Lipinski definition) is 2. The number of fused-ring (bicyclic) bond motifs is 1. The van der Waals surface area contributed by atoms with Crippen molar-refractivity contribution < 1.29 is 19.4 Å². The highest BCUT2D eigenvalue weighted by Gasteiger charge is 2.37. The van der Waals surface area contributed by atoms with Crippen molar-refractivity contribution in [2.75, 3.05) is 7.11 Å². The fourth-order valence-electron chi connectivity index (χ4n) is 2.65. The molecule has 1 atom stereocenters. The summed E-state index contributed by atoms with van der Waals surface area (Å²) in [7, 11) is 1.42. The van der Waals surface area contributed by atoms with E-state index in [4.69, 9.17) is 9.47 Å². The number of allylic oxidation sites excluding steroid dienone is 1. The van der Waals surface area contributed by atoms with Crippen LogP contribution >= 0.6 is 0 Å². The van der Waals surface area contributed by atoms with E-state index in [-0.39, 0.29) is 16.7 Å². The van der Waals surface area contributed by atoms with E-state index in [0.29, 0.717) is 22.6 Å². The molecule has 0 saturated carbocycles. The fraction of sp³-hybridized carbons (Fsp3) is 0.176. The van der Waals surface area contributed by atoms with E-state index in [1.54, 1.807) is 6.08 Å². The quantitative estimate of drug-likeness (QED) is 0.849. The minimum atomic E-state index is -0.864. The number of nitrogens with one attached hydrogen (secondary N) is 1. The van der Waals surface area contributed by atoms with Crippen molar-refractivity contribution in [3.63, 3.8) is 0 Å². The number of phenols is 1. The average Bonchev–Trinajstić information content (AvgIpc) is 2.84. The third-order valence-electron chi connectivity index (χ3n) is 3.65. The molecule has 2 N–H and O–H groups in total. The van der Waals surface area contributed by atoms with Crippen molar-refractivity contribution in [2.45, 2.75) is 13.0 Å². The molecule has 1 aliphatic rings. The van der Waals surface area contributed by atoms with Crippen LogP contribution in [0.2, 0.25) is 0 Å². The van der Waals surface area contributed by atoms with Gasteiger partial charge in [0.15, 0.2) is 11.5 Å². The van der Waals surface area contributed by atoms with E-state index >= 15 is 0 Å². The third kappa shape index (κ3) is 2.48. The van der Waals surface area contributed by atoms with Crippen LogP contribution in [0.3, 0.4) is 0 Å². The van der Waals surface area contributed by atoms with Crippen molar-refractivity contribution in [3.8, 4) is 11.5 Å². The first-order valence-corrected chi connectivity index (χ1v) is 7.02. The molecule has 0 radical (unpaired) electrons. The van der Waals surface area contributed by atoms with E-state index in [1.165, 1.54) is 31.5 Å². The molecular weight excluding hydrogens is 298 g/mol. The van der Waals surface area contributed by atoms with Crippen LogP contribution < -0.4 is 10.2 Å². The molecule has 6 heteroatoms. The van der Waals surface area contributed by atoms with Crippen molar-refractivity contribution in [2.24, 2.45) is 0 Å². The summed E-state index contributed by atoms with van der Waals surface area (Å²) in [6.45, 7) is 1.85. The Kier molecular flexibility index (Phi) is 3.65. The van der Waals surface area contributed by atoms with Crippen molar-refractivity contribution in [1.82, 2.24) is 4.98 Å². The molecule has 1 aliphatic heterocycles. The Hall–Kier alpha value is -3.02. The predicted molar refractivity (Wildman–Crippen MR) is 83.7 cm³/mol. The lowest BCUT2D eigenvalue weighted by Crippen LogP contribution is -2.15. The second-order valence-electron chi connectivity index (χ2n) is 5.10. The van der Waals surface area contributed by atoms with Crippen LogP contribution in [-0.2, 0) is 4.74 Å². The van der Waals surface area contributed by atoms with E-state index in [0.717, 1.165) is 0 Å². The number of benzene rings is 1. The van der Waals surface area contributed by atoms with Gasteiger partial charge in [0.2, 0.25) is 0 Å². The van der Waals surface area contributed by atoms with Crippen LogP contribution in [0.25, 0.3) is 6.08 Å². The number of esters is 1. The Morgan fingerprint density at radius 3 is 2.74 bits per heavy atom. The van der Waals surface area contributed by atoms with Crippen LogP contribution in [0.5, 0.6) is 11.5 Å². The van der Waals surface area contributed by atoms with E-state index < -0.39 is 12.1 Å². The van der Waals surface area contributed by atoms with E-state index in [1.807, 2.05) is 13.0 Å². The highest BCUT2D eigenvalue weighted by Crippen LogP contribution is 2.42. The van der Waals surface area contributed by atoms with Gasteiger partial charge in [0.1, 0.15) is 11.5 Å². The Morgan fingerprint density at radius 1 is 1.30 bits per heavy atom. The molecule has 0 unspecified atom stereocenters. The third-order valence-corrected chi connectivity index (χ3v) is 3.65. The molecular formula is C17H15NO5. The number of cyclic esters (lactones) is 1. The largest absolute Gasteiger partial charge is 0.508 e. The summed E-state index contributed by atoms with van der Waals surface area (Å²) in [5.74, 6) is -0.403. The topological polar surface area (TPSA) is 88.6 Å². The Labute approximate surface area is 132 Å². The Bertz CT molecular complexity index is 866. The lowest BCUT2D eigenvalue weighted by Gasteiger charge is -2.13. The number of hydrogen-bond acceptors (Lipinski definition) is 5. The Morgan fingerprint density at radius 2 is 2.09 bits per heavy atom. The normalized spacial score (nSPS) is 16.4. The fourth-order valence-corrected chi connectivity index (χ4v) is 2.65. The van der Waals surface area contributed by atoms with E-state index in [2.05, 4.69) is 4.98 Å². The maximum Gasteiger partial charge on any atom is 0.339 e. The van der Waals surface area contributed by atoms with Gasteiger partial charge >= 0.3 is 5.97 Å². The van der Waals surface area contributed by atoms with Gasteiger partial charge in [0, 0.05) is 24.0 Å². The second-order valence-corrected chi connectivity index (χ2v) is 5.10. The number of phenolic OH excluding ortho intramolecular Hbond substituents is 1. The standard InChI is InChI=1S/C17H15NO5/c1-3-4-9-5-13(20)12(8-18-9)16-15-11(17(21)23-16)6-10(19)7-14(15)22-2/h3-8,16,19H,1-2H3,(H,18,20)/b4-3+/t16-/m0/s1. The number of aromatic amines is 1. The van der Waals surface area contributed by atoms with Crippen LogP contribution in [0, 0.1) is 0 Å². The van der Waals surface area contributed by atoms with Gasteiger partial charge in [-0.3, -0.25) is 4.79 Å². The lowest BCUT2D eigenvalue weighted by molar-refractivity contribution is 0.0452. The van der Waals surface area contributed by atoms with Gasteiger partial charge in [-0.25, -0.2) is 4.79 Å². The first-order valence-electron chi connectivity index (χ1n) is 7.02. The molecule has 0 fully saturated rings. The summed E-state index contributed by atoms with van der Waals surface area (Å²) in [5, 5.41) is 9.67. The zero-order valence-corrected chi connectivity index (χ0v) is 12.6. The average molecular weight is 313 g/mol. The molecule has 1 aromatic carbocycles. The molecule has 2 aromatic rings. The maximum absolute atomic E-state index is 12.3. The SMILES string of the molecule is C/C=C/c1cc(=O)c([C@@H]2OC(=O)c3cc(O)cc(OC)c32)c[nH]1. The number of carbonyl (C=O) groups excluding carboxylic acids is 1. The lowest BCUT2D eigenvalue weighted by atomic mass is 9.98. The maximum atomic E-state index is 12.3. The number of pyridine rings is 1. The van der Waals surface area contributed by atoms with Crippen molar-refractivity contribution >= 4 is 12.0 Å². The molecule has 2 heterocycles. The van der Waals surface area contributed by atoms with Crippen LogP contribution in [0.1, 0.15) is 40.2 Å². The predicted octanol–water partition coefficient (Wildman–Crippen LogP) is 2.38. The van der Waals surface area contributed by atoms with Gasteiger partial charge in [-0.1, -0.05) is 6.08 Å². The zero-order chi connectivity index (χ0) is 16.6. The minimum absolute atomic E-state index is 0.101. The number of aromatic hydroxyl groups is 1. The summed E-state index contributed by atoms with van der Waals surface area (Å²) in [6, 6.07) is 4.13. The monoisotopic (exact) mass is 313 g/mol. The number of methoxy groups -OCH3 is 1. The number of H-pyrrole nitrogens is 1. The molecule has 23 heavy (non-hydrogen) atoms. The summed E-state index contributed by atoms with van der Waals surface area (Å²) in [6.07, 6.45) is 4.23. The van der Waals surface area contributed by atoms with Gasteiger partial charge in [0.25, 0.3) is 0 Å². The molecule has 118 valence electrons. The summed E-state index contributed by atoms with van der Waals surface area (Å²) in [4.78, 5) is 27.4. The molecule has 1 aromatic heterocycles. The molecule has 0 saturated heterocycles.